The molecule has 1 atom stereocenters. The summed E-state index contributed by atoms with van der Waals surface area (Å²) in [6.07, 6.45) is -3.23. The van der Waals surface area contributed by atoms with E-state index in [9.17, 15) is 18.0 Å². The number of nitrogens with zero attached hydrogens (tertiary/aromatic N) is 2. The number of amides is 1. The first-order valence-corrected chi connectivity index (χ1v) is 8.22. The Bertz CT molecular complexity index is 1020. The second-order valence-corrected chi connectivity index (χ2v) is 6.17. The van der Waals surface area contributed by atoms with Crippen molar-refractivity contribution in [3.05, 3.63) is 48.2 Å². The molecule has 1 aromatic carbocycles. The van der Waals surface area contributed by atoms with Crippen LogP contribution in [0, 0.1) is 0 Å². The highest BCUT2D eigenvalue weighted by Gasteiger charge is 2.47. The van der Waals surface area contributed by atoms with Crippen LogP contribution in [0.5, 0.6) is 5.88 Å². The van der Waals surface area contributed by atoms with Gasteiger partial charge in [-0.1, -0.05) is 12.1 Å². The van der Waals surface area contributed by atoms with Crippen molar-refractivity contribution in [1.29, 1.82) is 0 Å². The van der Waals surface area contributed by atoms with E-state index in [4.69, 9.17) is 10.5 Å². The molecule has 3 N–H and O–H groups in total. The Kier molecular flexibility index (Phi) is 3.94. The maximum absolute atomic E-state index is 13.9. The monoisotopic (exact) mass is 376 g/mol. The zero-order valence-electron chi connectivity index (χ0n) is 14.0. The lowest BCUT2D eigenvalue weighted by Crippen LogP contribution is -2.44. The third-order valence-corrected chi connectivity index (χ3v) is 4.49. The second kappa shape index (κ2) is 6.19. The molecule has 0 saturated carbocycles. The number of hydrogen-bond acceptors (Lipinski definition) is 4. The number of ether oxygens (including phenoxy) is 1. The molecule has 1 unspecified atom stereocenters. The van der Waals surface area contributed by atoms with Crippen LogP contribution in [0.3, 0.4) is 0 Å². The molecule has 1 aliphatic heterocycles. The predicted octanol–water partition coefficient (Wildman–Crippen LogP) is 3.51. The van der Waals surface area contributed by atoms with E-state index in [-0.39, 0.29) is 35.8 Å². The molecule has 3 heterocycles. The summed E-state index contributed by atoms with van der Waals surface area (Å²) in [5.41, 5.74) is 6.11. The number of alkyl halides is 3. The summed E-state index contributed by atoms with van der Waals surface area (Å²) in [4.78, 5) is 20.1. The fraction of sp³-hybridized carbons (Fsp3) is 0.222. The van der Waals surface area contributed by atoms with Gasteiger partial charge < -0.3 is 20.4 Å². The van der Waals surface area contributed by atoms with Gasteiger partial charge in [-0.25, -0.2) is 0 Å². The van der Waals surface area contributed by atoms with Gasteiger partial charge in [0.2, 0.25) is 5.88 Å². The summed E-state index contributed by atoms with van der Waals surface area (Å²) in [6, 6.07) is 7.33. The highest BCUT2D eigenvalue weighted by Crippen LogP contribution is 2.44. The van der Waals surface area contributed by atoms with Gasteiger partial charge in [-0.15, -0.1) is 0 Å². The molecule has 6 nitrogen and oxygen atoms in total. The van der Waals surface area contributed by atoms with Crippen LogP contribution in [0.4, 0.5) is 24.5 Å². The van der Waals surface area contributed by atoms with Gasteiger partial charge in [0.1, 0.15) is 17.4 Å². The number of hydrogen-bond donors (Lipinski definition) is 2. The van der Waals surface area contributed by atoms with Crippen molar-refractivity contribution in [2.75, 3.05) is 11.5 Å². The zero-order valence-corrected chi connectivity index (χ0v) is 14.0. The van der Waals surface area contributed by atoms with Crippen LogP contribution in [0.1, 0.15) is 16.8 Å². The van der Waals surface area contributed by atoms with E-state index in [0.717, 1.165) is 4.90 Å². The molecule has 3 aromatic rings. The predicted molar refractivity (Wildman–Crippen MR) is 93.1 cm³/mol. The van der Waals surface area contributed by atoms with Crippen LogP contribution < -0.4 is 15.4 Å². The standard InChI is InChI=1S/C18H15F3N4O2/c19-18(20,21)14-6-8-27-17-13(9-10-5-7-23-16(10)24-17)25(14)12-4-2-1-3-11(12)15(22)26/h1-5,7,9,14H,6,8H2,(H2,22,26)(H,23,24). The van der Waals surface area contributed by atoms with Crippen LogP contribution in [-0.2, 0) is 0 Å². The van der Waals surface area contributed by atoms with Gasteiger partial charge >= 0.3 is 6.18 Å². The third kappa shape index (κ3) is 2.94. The van der Waals surface area contributed by atoms with Crippen LogP contribution in [0.15, 0.2) is 42.6 Å². The number of H-pyrrole nitrogens is 1. The summed E-state index contributed by atoms with van der Waals surface area (Å²) in [7, 11) is 0. The molecule has 27 heavy (non-hydrogen) atoms. The summed E-state index contributed by atoms with van der Waals surface area (Å²) < 4.78 is 47.2. The summed E-state index contributed by atoms with van der Waals surface area (Å²) in [6.45, 7) is -0.161. The number of nitrogens with one attached hydrogen (secondary N) is 1. The number of carbonyl (C=O) groups excluding carboxylic acids is 1. The van der Waals surface area contributed by atoms with Gasteiger partial charge in [-0.2, -0.15) is 18.2 Å². The average Bonchev–Trinajstić information content (AvgIpc) is 2.98. The van der Waals surface area contributed by atoms with Crippen molar-refractivity contribution in [3.8, 4) is 5.88 Å². The lowest BCUT2D eigenvalue weighted by Gasteiger charge is -2.34. The highest BCUT2D eigenvalue weighted by atomic mass is 19.4. The van der Waals surface area contributed by atoms with Gasteiger partial charge in [-0.3, -0.25) is 4.79 Å². The zero-order chi connectivity index (χ0) is 19.2. The molecule has 4 rings (SSSR count). The molecule has 0 bridgehead atoms. The molecule has 0 saturated heterocycles. The van der Waals surface area contributed by atoms with Crippen LogP contribution in [-0.4, -0.2) is 34.7 Å². The molecule has 0 spiro atoms. The van der Waals surface area contributed by atoms with Crippen molar-refractivity contribution in [2.24, 2.45) is 5.73 Å². The number of anilines is 2. The molecule has 0 aliphatic carbocycles. The average molecular weight is 376 g/mol. The number of benzene rings is 1. The molecule has 2 aromatic heterocycles. The summed E-state index contributed by atoms with van der Waals surface area (Å²) in [5, 5.41) is 0.627. The minimum Gasteiger partial charge on any atom is -0.476 e. The number of halogens is 3. The minimum absolute atomic E-state index is 0.00577. The number of rotatable bonds is 2. The fourth-order valence-corrected chi connectivity index (χ4v) is 3.30. The van der Waals surface area contributed by atoms with E-state index in [1.54, 1.807) is 30.5 Å². The van der Waals surface area contributed by atoms with E-state index in [1.807, 2.05) is 0 Å². The lowest BCUT2D eigenvalue weighted by molar-refractivity contribution is -0.148. The minimum atomic E-state index is -4.55. The Morgan fingerprint density at radius 2 is 2.04 bits per heavy atom. The highest BCUT2D eigenvalue weighted by molar-refractivity contribution is 6.00. The quantitative estimate of drug-likeness (QED) is 0.717. The SMILES string of the molecule is NC(=O)c1ccccc1N1c2cc3cc[nH]c3nc2OCCC1C(F)(F)F. The Labute approximate surface area is 151 Å². The molecule has 140 valence electrons. The normalized spacial score (nSPS) is 17.3. The second-order valence-electron chi connectivity index (χ2n) is 6.17. The molecule has 0 radical (unpaired) electrons. The van der Waals surface area contributed by atoms with Crippen LogP contribution >= 0.6 is 0 Å². The van der Waals surface area contributed by atoms with E-state index in [1.165, 1.54) is 12.1 Å². The van der Waals surface area contributed by atoms with Gasteiger partial charge in [0, 0.05) is 18.0 Å². The van der Waals surface area contributed by atoms with Crippen molar-refractivity contribution in [2.45, 2.75) is 18.6 Å². The maximum atomic E-state index is 13.9. The Morgan fingerprint density at radius 3 is 2.78 bits per heavy atom. The van der Waals surface area contributed by atoms with Crippen molar-refractivity contribution < 1.29 is 22.7 Å². The third-order valence-electron chi connectivity index (χ3n) is 4.49. The van der Waals surface area contributed by atoms with Gasteiger partial charge in [-0.05, 0) is 24.3 Å². The molecule has 1 amide bonds. The van der Waals surface area contributed by atoms with Crippen LogP contribution in [0.2, 0.25) is 0 Å². The number of primary amides is 1. The molecule has 0 fully saturated rings. The lowest BCUT2D eigenvalue weighted by atomic mass is 10.1. The number of fused-ring (bicyclic) bond motifs is 2. The van der Waals surface area contributed by atoms with E-state index in [2.05, 4.69) is 9.97 Å². The first-order chi connectivity index (χ1) is 12.9. The number of carbonyl (C=O) groups is 1. The molecular weight excluding hydrogens is 361 g/mol. The van der Waals surface area contributed by atoms with Crippen molar-refractivity contribution >= 4 is 28.3 Å². The van der Waals surface area contributed by atoms with E-state index >= 15 is 0 Å². The van der Waals surface area contributed by atoms with E-state index in [0.29, 0.717) is 11.0 Å². The molecule has 9 heteroatoms. The summed E-state index contributed by atoms with van der Waals surface area (Å²) in [5.74, 6) is -0.745. The molecule has 1 aliphatic rings. The van der Waals surface area contributed by atoms with E-state index < -0.39 is 18.1 Å². The van der Waals surface area contributed by atoms with Gasteiger partial charge in [0.15, 0.2) is 0 Å². The number of aromatic amines is 1. The summed E-state index contributed by atoms with van der Waals surface area (Å²) >= 11 is 0. The fourth-order valence-electron chi connectivity index (χ4n) is 3.30. The van der Waals surface area contributed by atoms with Crippen LogP contribution in [0.25, 0.3) is 11.0 Å². The first kappa shape index (κ1) is 17.2. The number of nitrogens with two attached hydrogens (primary N) is 1. The van der Waals surface area contributed by atoms with Crippen molar-refractivity contribution in [3.63, 3.8) is 0 Å². The number of para-hydroxylation sites is 1. The smallest absolute Gasteiger partial charge is 0.409 e. The topological polar surface area (TPSA) is 84.2 Å². The number of aromatic nitrogens is 2. The Morgan fingerprint density at radius 1 is 1.26 bits per heavy atom. The Balaban J connectivity index is 2.00. The van der Waals surface area contributed by atoms with Crippen molar-refractivity contribution in [1.82, 2.24) is 9.97 Å². The first-order valence-electron chi connectivity index (χ1n) is 8.22. The largest absolute Gasteiger partial charge is 0.476 e. The molecular formula is C18H15F3N4O2. The van der Waals surface area contributed by atoms with Gasteiger partial charge in [0.25, 0.3) is 5.91 Å². The van der Waals surface area contributed by atoms with Gasteiger partial charge in [0.05, 0.1) is 17.9 Å². The maximum Gasteiger partial charge on any atom is 0.409 e. The Hall–Kier alpha value is -3.23. The number of pyridine rings is 1.